The minimum absolute atomic E-state index is 0.328. The Balaban J connectivity index is 1.70. The molecule has 0 aromatic heterocycles. The van der Waals surface area contributed by atoms with Crippen LogP contribution in [0.5, 0.6) is 23.0 Å². The van der Waals surface area contributed by atoms with Gasteiger partial charge >= 0.3 is 0 Å². The summed E-state index contributed by atoms with van der Waals surface area (Å²) >= 11 is 6.47. The number of ether oxygens (including phenoxy) is 4. The Kier molecular flexibility index (Phi) is 9.57. The van der Waals surface area contributed by atoms with Crippen molar-refractivity contribution in [1.82, 2.24) is 5.43 Å². The number of rotatable bonds is 12. The number of carbonyl (C=O) groups is 1. The molecule has 3 aromatic carbocycles. The molecule has 0 atom stereocenters. The van der Waals surface area contributed by atoms with Gasteiger partial charge in [-0.15, -0.1) is 0 Å². The first-order valence-corrected chi connectivity index (χ1v) is 11.3. The van der Waals surface area contributed by atoms with Crippen molar-refractivity contribution in [3.05, 3.63) is 95.0 Å². The van der Waals surface area contributed by atoms with Gasteiger partial charge in [-0.2, -0.15) is 5.10 Å². The lowest BCUT2D eigenvalue weighted by Crippen LogP contribution is -2.17. The Morgan fingerprint density at radius 3 is 2.54 bits per heavy atom. The Labute approximate surface area is 209 Å². The maximum absolute atomic E-state index is 12.5. The molecule has 0 unspecified atom stereocenters. The highest BCUT2D eigenvalue weighted by atomic mass is 35.5. The number of amides is 1. The van der Waals surface area contributed by atoms with Crippen molar-refractivity contribution in [3.63, 3.8) is 0 Å². The van der Waals surface area contributed by atoms with Gasteiger partial charge in [0.05, 0.1) is 25.0 Å². The summed E-state index contributed by atoms with van der Waals surface area (Å²) in [7, 11) is 1.50. The first kappa shape index (κ1) is 25.6. The molecule has 1 amide bonds. The third-order valence-corrected chi connectivity index (χ3v) is 5.00. The maximum atomic E-state index is 12.5. The summed E-state index contributed by atoms with van der Waals surface area (Å²) in [6.07, 6.45) is 3.10. The molecule has 0 bridgehead atoms. The van der Waals surface area contributed by atoms with Gasteiger partial charge in [-0.1, -0.05) is 54.6 Å². The SMILES string of the molecule is C=CCOc1ccc(C(=O)N/N=C/c2cc(Cl)c(OCc3ccccc3)c(OCC)c2)cc1OC. The zero-order valence-corrected chi connectivity index (χ0v) is 20.4. The van der Waals surface area contributed by atoms with Gasteiger partial charge in [0.15, 0.2) is 23.0 Å². The van der Waals surface area contributed by atoms with Crippen LogP contribution in [0.2, 0.25) is 5.02 Å². The topological polar surface area (TPSA) is 78.4 Å². The van der Waals surface area contributed by atoms with Crippen LogP contribution in [0.3, 0.4) is 0 Å². The zero-order valence-electron chi connectivity index (χ0n) is 19.6. The number of benzene rings is 3. The van der Waals surface area contributed by atoms with E-state index >= 15 is 0 Å². The molecule has 0 heterocycles. The predicted molar refractivity (Wildman–Crippen MR) is 137 cm³/mol. The second-order valence-electron chi connectivity index (χ2n) is 7.20. The molecule has 0 aliphatic carbocycles. The van der Waals surface area contributed by atoms with Gasteiger partial charge in [-0.25, -0.2) is 5.43 Å². The molecule has 3 aromatic rings. The number of methoxy groups -OCH3 is 1. The molecule has 0 spiro atoms. The van der Waals surface area contributed by atoms with Gasteiger partial charge in [-0.05, 0) is 48.4 Å². The average molecular weight is 495 g/mol. The van der Waals surface area contributed by atoms with E-state index in [1.54, 1.807) is 36.4 Å². The summed E-state index contributed by atoms with van der Waals surface area (Å²) in [5.74, 6) is 1.48. The van der Waals surface area contributed by atoms with Gasteiger partial charge in [0, 0.05) is 5.56 Å². The van der Waals surface area contributed by atoms with E-state index in [2.05, 4.69) is 17.1 Å². The van der Waals surface area contributed by atoms with Crippen molar-refractivity contribution in [3.8, 4) is 23.0 Å². The van der Waals surface area contributed by atoms with E-state index in [1.165, 1.54) is 13.3 Å². The van der Waals surface area contributed by atoms with Crippen molar-refractivity contribution >= 4 is 23.7 Å². The van der Waals surface area contributed by atoms with Crippen LogP contribution < -0.4 is 24.4 Å². The van der Waals surface area contributed by atoms with Crippen molar-refractivity contribution in [2.24, 2.45) is 5.10 Å². The fraction of sp³-hybridized carbons (Fsp3) is 0.185. The number of halogens is 1. The normalized spacial score (nSPS) is 10.6. The number of hydrazone groups is 1. The zero-order chi connectivity index (χ0) is 25.0. The molecule has 0 saturated carbocycles. The third kappa shape index (κ3) is 7.25. The number of hydrogen-bond donors (Lipinski definition) is 1. The molecule has 0 saturated heterocycles. The highest BCUT2D eigenvalue weighted by Crippen LogP contribution is 2.37. The van der Waals surface area contributed by atoms with Crippen LogP contribution in [0.25, 0.3) is 0 Å². The third-order valence-electron chi connectivity index (χ3n) is 4.72. The highest BCUT2D eigenvalue weighted by Gasteiger charge is 2.13. The van der Waals surface area contributed by atoms with Crippen LogP contribution in [-0.2, 0) is 6.61 Å². The summed E-state index contributed by atoms with van der Waals surface area (Å²) < 4.78 is 22.4. The first-order valence-electron chi connectivity index (χ1n) is 10.9. The Morgan fingerprint density at radius 2 is 1.83 bits per heavy atom. The minimum Gasteiger partial charge on any atom is -0.493 e. The summed E-state index contributed by atoms with van der Waals surface area (Å²) in [4.78, 5) is 12.5. The van der Waals surface area contributed by atoms with Crippen LogP contribution in [0.1, 0.15) is 28.4 Å². The molecule has 3 rings (SSSR count). The van der Waals surface area contributed by atoms with Gasteiger partial charge in [-0.3, -0.25) is 4.79 Å². The number of nitrogens with one attached hydrogen (secondary N) is 1. The van der Waals surface area contributed by atoms with Gasteiger partial charge in [0.2, 0.25) is 0 Å². The van der Waals surface area contributed by atoms with Crippen molar-refractivity contribution in [1.29, 1.82) is 0 Å². The van der Waals surface area contributed by atoms with Crippen LogP contribution in [0.4, 0.5) is 0 Å². The van der Waals surface area contributed by atoms with Gasteiger partial charge in [0.1, 0.15) is 13.2 Å². The highest BCUT2D eigenvalue weighted by molar-refractivity contribution is 6.32. The Morgan fingerprint density at radius 1 is 1.03 bits per heavy atom. The summed E-state index contributed by atoms with van der Waals surface area (Å²) in [6.45, 7) is 6.60. The molecule has 7 nitrogen and oxygen atoms in total. The maximum Gasteiger partial charge on any atom is 0.271 e. The smallest absolute Gasteiger partial charge is 0.271 e. The lowest BCUT2D eigenvalue weighted by Gasteiger charge is -2.14. The fourth-order valence-electron chi connectivity index (χ4n) is 3.10. The molecule has 1 N–H and O–H groups in total. The standard InChI is InChI=1S/C27H27ClN2O5/c1-4-13-34-23-12-11-21(16-24(23)32-3)27(31)30-29-17-20-14-22(28)26(25(15-20)33-5-2)35-18-19-9-7-6-8-10-19/h4,6-12,14-17H,1,5,13,18H2,2-3H3,(H,30,31)/b29-17+. The fourth-order valence-corrected chi connectivity index (χ4v) is 3.38. The molecule has 0 aliphatic rings. The van der Waals surface area contributed by atoms with E-state index in [4.69, 9.17) is 30.5 Å². The van der Waals surface area contributed by atoms with E-state index in [0.717, 1.165) is 5.56 Å². The molecular formula is C27H27ClN2O5. The lowest BCUT2D eigenvalue weighted by molar-refractivity contribution is 0.0954. The summed E-state index contributed by atoms with van der Waals surface area (Å²) in [5, 5.41) is 4.42. The first-order chi connectivity index (χ1) is 17.0. The van der Waals surface area contributed by atoms with Crippen LogP contribution in [-0.4, -0.2) is 32.4 Å². The summed E-state index contributed by atoms with van der Waals surface area (Å²) in [6, 6.07) is 18.1. The molecule has 0 aliphatic heterocycles. The summed E-state index contributed by atoms with van der Waals surface area (Å²) in [5.41, 5.74) is 4.51. The van der Waals surface area contributed by atoms with Crippen molar-refractivity contribution in [2.75, 3.05) is 20.3 Å². The van der Waals surface area contributed by atoms with E-state index < -0.39 is 5.91 Å². The van der Waals surface area contributed by atoms with E-state index in [1.807, 2.05) is 37.3 Å². The predicted octanol–water partition coefficient (Wildman–Crippen LogP) is 5.66. The number of nitrogens with zero attached hydrogens (tertiary/aromatic N) is 1. The largest absolute Gasteiger partial charge is 0.493 e. The van der Waals surface area contributed by atoms with E-state index in [0.29, 0.717) is 59.0 Å². The number of hydrogen-bond acceptors (Lipinski definition) is 6. The van der Waals surface area contributed by atoms with Crippen molar-refractivity contribution < 1.29 is 23.7 Å². The van der Waals surface area contributed by atoms with E-state index in [-0.39, 0.29) is 0 Å². The van der Waals surface area contributed by atoms with E-state index in [9.17, 15) is 4.79 Å². The van der Waals surface area contributed by atoms with Gasteiger partial charge < -0.3 is 18.9 Å². The lowest BCUT2D eigenvalue weighted by atomic mass is 10.2. The number of carbonyl (C=O) groups excluding carboxylic acids is 1. The molecule has 35 heavy (non-hydrogen) atoms. The molecular weight excluding hydrogens is 468 g/mol. The average Bonchev–Trinajstić information content (AvgIpc) is 2.87. The second-order valence-corrected chi connectivity index (χ2v) is 7.61. The van der Waals surface area contributed by atoms with Crippen molar-refractivity contribution in [2.45, 2.75) is 13.5 Å². The van der Waals surface area contributed by atoms with Gasteiger partial charge in [0.25, 0.3) is 5.91 Å². The molecule has 8 heteroatoms. The molecule has 0 radical (unpaired) electrons. The van der Waals surface area contributed by atoms with Crippen LogP contribution in [0.15, 0.2) is 78.4 Å². The molecule has 182 valence electrons. The second kappa shape index (κ2) is 13.1. The minimum atomic E-state index is -0.409. The monoisotopic (exact) mass is 494 g/mol. The van der Waals surface area contributed by atoms with Crippen LogP contribution in [0, 0.1) is 0 Å². The van der Waals surface area contributed by atoms with Crippen LogP contribution >= 0.6 is 11.6 Å². The molecule has 0 fully saturated rings. The Hall–Kier alpha value is -3.97. The Bertz CT molecular complexity index is 1180. The quantitative estimate of drug-likeness (QED) is 0.200.